The molecule has 0 aliphatic rings. The number of halogens is 3. The van der Waals surface area contributed by atoms with E-state index in [1.165, 1.54) is 0 Å². The fraction of sp³-hybridized carbons (Fsp3) is 0.136. The molecule has 1 aromatic carbocycles. The van der Waals surface area contributed by atoms with E-state index >= 15 is 0 Å². The molecule has 2 amide bonds. The van der Waals surface area contributed by atoms with Crippen molar-refractivity contribution in [2.24, 2.45) is 10.7 Å². The van der Waals surface area contributed by atoms with Gasteiger partial charge in [-0.3, -0.25) is 9.39 Å². The van der Waals surface area contributed by atoms with E-state index in [1.54, 1.807) is 73.4 Å². The molecule has 0 bridgehead atoms. The second-order valence-electron chi connectivity index (χ2n) is 6.57. The van der Waals surface area contributed by atoms with E-state index in [2.05, 4.69) is 27.1 Å². The van der Waals surface area contributed by atoms with E-state index < -0.39 is 18.8 Å². The smallest absolute Gasteiger partial charge is 0.392 e. The second-order valence-corrected chi connectivity index (χ2v) is 6.57. The van der Waals surface area contributed by atoms with Gasteiger partial charge in [-0.25, -0.2) is 9.78 Å². The van der Waals surface area contributed by atoms with Gasteiger partial charge < -0.3 is 16.4 Å². The fourth-order valence-corrected chi connectivity index (χ4v) is 2.72. The minimum Gasteiger partial charge on any atom is -0.392 e. The van der Waals surface area contributed by atoms with Crippen molar-refractivity contribution in [1.82, 2.24) is 14.7 Å². The first-order valence-corrected chi connectivity index (χ1v) is 9.34. The zero-order valence-electron chi connectivity index (χ0n) is 16.9. The van der Waals surface area contributed by atoms with Crippen LogP contribution in [0.5, 0.6) is 0 Å². The molecule has 4 N–H and O–H groups in total. The zero-order valence-corrected chi connectivity index (χ0v) is 16.9. The minimum atomic E-state index is -4.48. The number of alkyl halides is 3. The zero-order chi connectivity index (χ0) is 23.1. The number of carbonyl (C=O) groups excluding carboxylic acids is 1. The Morgan fingerprint density at radius 1 is 1.31 bits per heavy atom. The van der Waals surface area contributed by atoms with E-state index in [4.69, 9.17) is 5.73 Å². The summed E-state index contributed by atoms with van der Waals surface area (Å²) in [6.45, 7) is -1.41. The summed E-state index contributed by atoms with van der Waals surface area (Å²) in [5.41, 5.74) is 9.31. The number of rotatable bonds is 4. The Balaban J connectivity index is 1.79. The van der Waals surface area contributed by atoms with Crippen LogP contribution >= 0.6 is 0 Å². The third-order valence-corrected chi connectivity index (χ3v) is 4.13. The van der Waals surface area contributed by atoms with Crippen LogP contribution in [0.15, 0.2) is 65.6 Å². The molecule has 0 aliphatic carbocycles. The number of carbonyl (C=O) groups is 1. The first kappa shape index (κ1) is 22.4. The predicted molar refractivity (Wildman–Crippen MR) is 117 cm³/mol. The molecule has 0 unspecified atom stereocenters. The van der Waals surface area contributed by atoms with E-state index in [-0.39, 0.29) is 0 Å². The molecule has 10 heteroatoms. The maximum atomic E-state index is 12.2. The number of hydrogen-bond donors (Lipinski definition) is 3. The summed E-state index contributed by atoms with van der Waals surface area (Å²) < 4.78 is 38.6. The molecule has 2 heterocycles. The Morgan fingerprint density at radius 2 is 2.12 bits per heavy atom. The third-order valence-electron chi connectivity index (χ3n) is 4.13. The van der Waals surface area contributed by atoms with Crippen LogP contribution in [0.3, 0.4) is 0 Å². The normalized spacial score (nSPS) is 11.9. The Kier molecular flexibility index (Phi) is 6.80. The summed E-state index contributed by atoms with van der Waals surface area (Å²) in [6, 6.07) is 9.36. The van der Waals surface area contributed by atoms with E-state index in [1.807, 2.05) is 4.40 Å². The Labute approximate surface area is 181 Å². The molecule has 0 spiro atoms. The lowest BCUT2D eigenvalue weighted by atomic mass is 10.1. The van der Waals surface area contributed by atoms with Crippen molar-refractivity contribution in [2.45, 2.75) is 6.18 Å². The van der Waals surface area contributed by atoms with Crippen LogP contribution in [0, 0.1) is 11.8 Å². The topological polar surface area (TPSA) is 96.8 Å². The maximum Gasteiger partial charge on any atom is 0.405 e. The molecule has 164 valence electrons. The van der Waals surface area contributed by atoms with Crippen LogP contribution in [-0.2, 0) is 0 Å². The lowest BCUT2D eigenvalue weighted by Gasteiger charge is -2.10. The van der Waals surface area contributed by atoms with Crippen molar-refractivity contribution in [3.05, 3.63) is 66.1 Å². The maximum absolute atomic E-state index is 12.2. The van der Waals surface area contributed by atoms with Crippen LogP contribution in [0.2, 0.25) is 0 Å². The highest BCUT2D eigenvalue weighted by molar-refractivity contribution is 5.90. The number of fused-ring (bicyclic) bond motifs is 1. The van der Waals surface area contributed by atoms with Gasteiger partial charge in [-0.2, -0.15) is 13.2 Å². The number of amides is 2. The average molecular weight is 440 g/mol. The number of imidazole rings is 1. The van der Waals surface area contributed by atoms with Crippen LogP contribution in [0.25, 0.3) is 16.9 Å². The van der Waals surface area contributed by atoms with Crippen LogP contribution < -0.4 is 16.4 Å². The van der Waals surface area contributed by atoms with Crippen molar-refractivity contribution in [1.29, 1.82) is 0 Å². The molecule has 2 aromatic heterocycles. The van der Waals surface area contributed by atoms with Crippen molar-refractivity contribution >= 4 is 23.6 Å². The molecule has 7 nitrogen and oxygen atoms in total. The first-order chi connectivity index (χ1) is 15.2. The Morgan fingerprint density at radius 3 is 2.88 bits per heavy atom. The molecular weight excluding hydrogens is 421 g/mol. The molecule has 0 saturated carbocycles. The van der Waals surface area contributed by atoms with Gasteiger partial charge in [0, 0.05) is 36.3 Å². The Bertz CT molecular complexity index is 1250. The van der Waals surface area contributed by atoms with Crippen LogP contribution in [0.1, 0.15) is 5.56 Å². The molecule has 3 aromatic rings. The average Bonchev–Trinajstić information content (AvgIpc) is 3.18. The molecule has 32 heavy (non-hydrogen) atoms. The lowest BCUT2D eigenvalue weighted by Crippen LogP contribution is -2.36. The van der Waals surface area contributed by atoms with Crippen molar-refractivity contribution < 1.29 is 18.0 Å². The monoisotopic (exact) mass is 440 g/mol. The highest BCUT2D eigenvalue weighted by Gasteiger charge is 2.27. The molecular formula is C22H19F3N6O. The number of benzene rings is 1. The van der Waals surface area contributed by atoms with Gasteiger partial charge >= 0.3 is 12.2 Å². The van der Waals surface area contributed by atoms with Crippen molar-refractivity contribution in [2.75, 3.05) is 18.9 Å². The fourth-order valence-electron chi connectivity index (χ4n) is 2.72. The van der Waals surface area contributed by atoms with Gasteiger partial charge in [0.2, 0.25) is 0 Å². The summed E-state index contributed by atoms with van der Waals surface area (Å²) >= 11 is 0. The number of hydrogen-bond acceptors (Lipinski definition) is 4. The van der Waals surface area contributed by atoms with Crippen LogP contribution in [-0.4, -0.2) is 41.4 Å². The lowest BCUT2D eigenvalue weighted by molar-refractivity contribution is -0.122. The van der Waals surface area contributed by atoms with Gasteiger partial charge in [0.15, 0.2) is 0 Å². The highest BCUT2D eigenvalue weighted by Crippen LogP contribution is 2.24. The van der Waals surface area contributed by atoms with E-state index in [0.717, 1.165) is 16.8 Å². The molecule has 0 fully saturated rings. The number of nitrogens with zero attached hydrogens (tertiary/aromatic N) is 3. The van der Waals surface area contributed by atoms with E-state index in [9.17, 15) is 18.0 Å². The number of anilines is 1. The SMILES string of the molecule is CN=CC=C(N)C#Cc1ccn2c(-c3cccc(NC(=O)NCC(F)(F)F)c3)cnc2c1. The predicted octanol–water partition coefficient (Wildman–Crippen LogP) is 3.58. The van der Waals surface area contributed by atoms with E-state index in [0.29, 0.717) is 17.0 Å². The summed E-state index contributed by atoms with van der Waals surface area (Å²) in [4.78, 5) is 19.9. The molecule has 0 radical (unpaired) electrons. The number of nitrogens with one attached hydrogen (secondary N) is 2. The minimum absolute atomic E-state index is 0.345. The largest absolute Gasteiger partial charge is 0.405 e. The second kappa shape index (κ2) is 9.70. The number of pyridine rings is 1. The van der Waals surface area contributed by atoms with Gasteiger partial charge in [-0.15, -0.1) is 0 Å². The van der Waals surface area contributed by atoms with Crippen molar-refractivity contribution in [3.63, 3.8) is 0 Å². The number of nitrogens with two attached hydrogens (primary N) is 1. The highest BCUT2D eigenvalue weighted by atomic mass is 19.4. The summed E-state index contributed by atoms with van der Waals surface area (Å²) in [7, 11) is 1.63. The molecule has 0 atom stereocenters. The standard InChI is InChI=1S/C22H19F3N6O/c1-27-9-7-17(26)6-5-15-8-10-31-19(13-28-20(31)11-15)16-3-2-4-18(12-16)30-21(32)29-14-22(23,24)25/h2-4,7-13H,14,26H2,1H3,(H2,29,30,32). The van der Waals surface area contributed by atoms with Gasteiger partial charge in [0.1, 0.15) is 12.2 Å². The molecule has 3 rings (SSSR count). The van der Waals surface area contributed by atoms with Gasteiger partial charge in [0.05, 0.1) is 17.6 Å². The van der Waals surface area contributed by atoms with Gasteiger partial charge in [-0.1, -0.05) is 18.1 Å². The first-order valence-electron chi connectivity index (χ1n) is 9.34. The quantitative estimate of drug-likeness (QED) is 0.427. The number of urea groups is 1. The molecule has 0 aliphatic heterocycles. The summed E-state index contributed by atoms with van der Waals surface area (Å²) in [5.74, 6) is 5.78. The number of allylic oxidation sites excluding steroid dienone is 2. The molecule has 0 saturated heterocycles. The Hall–Kier alpha value is -4.26. The third kappa shape index (κ3) is 6.12. The number of aromatic nitrogens is 2. The van der Waals surface area contributed by atoms with Gasteiger partial charge in [-0.05, 0) is 36.3 Å². The van der Waals surface area contributed by atoms with Gasteiger partial charge in [0.25, 0.3) is 0 Å². The van der Waals surface area contributed by atoms with Crippen molar-refractivity contribution in [3.8, 4) is 23.1 Å². The number of aliphatic imine (C=N–C) groups is 1. The summed E-state index contributed by atoms with van der Waals surface area (Å²) in [5, 5.41) is 4.16. The summed E-state index contributed by atoms with van der Waals surface area (Å²) in [6.07, 6.45) is 2.12. The van der Waals surface area contributed by atoms with Crippen LogP contribution in [0.4, 0.5) is 23.7 Å².